The van der Waals surface area contributed by atoms with Crippen molar-refractivity contribution in [1.82, 2.24) is 9.97 Å². The molecule has 4 nitrogen and oxygen atoms in total. The Hall–Kier alpha value is -1.49. The third-order valence-electron chi connectivity index (χ3n) is 1.49. The summed E-state index contributed by atoms with van der Waals surface area (Å²) in [4.78, 5) is 11.6. The Morgan fingerprint density at radius 2 is 2.24 bits per heavy atom. The van der Waals surface area contributed by atoms with Crippen molar-refractivity contribution in [3.8, 4) is 5.88 Å². The normalized spacial score (nSPS) is 9.94. The Balaban J connectivity index is 0.00000121. The van der Waals surface area contributed by atoms with Gasteiger partial charge in [-0.3, -0.25) is 9.98 Å². The second-order valence-electron chi connectivity index (χ2n) is 2.56. The van der Waals surface area contributed by atoms with E-state index in [4.69, 9.17) is 4.74 Å². The average molecular weight is 298 g/mol. The van der Waals surface area contributed by atoms with Crippen molar-refractivity contribution in [2.45, 2.75) is 13.8 Å². The van der Waals surface area contributed by atoms with E-state index in [-0.39, 0.29) is 0 Å². The maximum Gasteiger partial charge on any atom is 0.233 e. The third-order valence-corrected chi connectivity index (χ3v) is 1.87. The van der Waals surface area contributed by atoms with Crippen LogP contribution in [0.3, 0.4) is 0 Å². The summed E-state index contributed by atoms with van der Waals surface area (Å²) >= 11 is 3.20. The second-order valence-corrected chi connectivity index (χ2v) is 3.37. The largest absolute Gasteiger partial charge is 0.472 e. The molecule has 0 aliphatic carbocycles. The number of aliphatic imine (C=N–C) groups is 1. The van der Waals surface area contributed by atoms with Crippen LogP contribution in [-0.4, -0.2) is 23.3 Å². The molecule has 0 aromatic carbocycles. The molecule has 0 amide bonds. The van der Waals surface area contributed by atoms with Gasteiger partial charge in [0, 0.05) is 11.8 Å². The molecule has 0 N–H and O–H groups in total. The minimum absolute atomic E-state index is 0.341. The molecule has 0 saturated carbocycles. The van der Waals surface area contributed by atoms with Gasteiger partial charge in [-0.15, -0.1) is 0 Å². The first kappa shape index (κ1) is 15.5. The van der Waals surface area contributed by atoms with Crippen LogP contribution in [0.2, 0.25) is 0 Å². The molecule has 0 atom stereocenters. The first-order valence-electron chi connectivity index (χ1n) is 5.14. The topological polar surface area (TPSA) is 47.4 Å². The van der Waals surface area contributed by atoms with E-state index in [1.165, 1.54) is 6.20 Å². The van der Waals surface area contributed by atoms with Gasteiger partial charge in [0.2, 0.25) is 5.88 Å². The van der Waals surface area contributed by atoms with Crippen LogP contribution >= 0.6 is 15.9 Å². The lowest BCUT2D eigenvalue weighted by atomic mass is 10.3. The maximum atomic E-state index is 5.36. The van der Waals surface area contributed by atoms with Gasteiger partial charge in [-0.25, -0.2) is 4.98 Å². The van der Waals surface area contributed by atoms with Gasteiger partial charge < -0.3 is 4.74 Å². The van der Waals surface area contributed by atoms with Gasteiger partial charge in [0.1, 0.15) is 11.2 Å². The van der Waals surface area contributed by atoms with Crippen molar-refractivity contribution in [2.75, 3.05) is 6.61 Å². The molecule has 0 bridgehead atoms. The first-order chi connectivity index (χ1) is 8.26. The van der Waals surface area contributed by atoms with Crippen LogP contribution in [0.15, 0.2) is 46.4 Å². The highest BCUT2D eigenvalue weighted by atomic mass is 79.9. The number of hydrogen-bond acceptors (Lipinski definition) is 4. The molecule has 0 spiro atoms. The molecule has 0 aliphatic heterocycles. The van der Waals surface area contributed by atoms with Crippen molar-refractivity contribution >= 4 is 22.6 Å². The fraction of sp³-hybridized carbons (Fsp3) is 0.250. The molecule has 0 fully saturated rings. The van der Waals surface area contributed by atoms with E-state index in [1.807, 2.05) is 13.8 Å². The molecule has 0 radical (unpaired) electrons. The van der Waals surface area contributed by atoms with E-state index in [1.54, 1.807) is 18.5 Å². The standard InChI is InChI=1S/C10H10BrN3O.C2H6/c1-3-8(4-12-2)7-15-10-6-13-5-9(11)14-10;1-2/h3-6H,1-2,7H2;1-2H3/b8-4+;. The van der Waals surface area contributed by atoms with Crippen LogP contribution in [0.5, 0.6) is 5.88 Å². The van der Waals surface area contributed by atoms with Crippen molar-refractivity contribution in [1.29, 1.82) is 0 Å². The van der Waals surface area contributed by atoms with E-state index in [0.717, 1.165) is 5.57 Å². The summed E-state index contributed by atoms with van der Waals surface area (Å²) in [6.07, 6.45) is 6.35. The van der Waals surface area contributed by atoms with Gasteiger partial charge in [0.15, 0.2) is 0 Å². The lowest BCUT2D eigenvalue weighted by Crippen LogP contribution is -2.01. The molecule has 1 heterocycles. The van der Waals surface area contributed by atoms with Crippen LogP contribution in [0.25, 0.3) is 0 Å². The highest BCUT2D eigenvalue weighted by Crippen LogP contribution is 2.10. The SMILES string of the molecule is C=C/C(=C\N=C)COc1cncc(Br)n1.CC. The molecule has 1 aromatic heterocycles. The highest BCUT2D eigenvalue weighted by molar-refractivity contribution is 9.10. The fourth-order valence-corrected chi connectivity index (χ4v) is 1.11. The van der Waals surface area contributed by atoms with Gasteiger partial charge in [-0.1, -0.05) is 26.5 Å². The molecule has 0 unspecified atom stereocenters. The summed E-state index contributed by atoms with van der Waals surface area (Å²) in [5, 5.41) is 0. The Labute approximate surface area is 110 Å². The predicted octanol–water partition coefficient (Wildman–Crippen LogP) is 3.41. The number of halogens is 1. The minimum atomic E-state index is 0.341. The number of nitrogens with zero attached hydrogens (tertiary/aromatic N) is 3. The first-order valence-corrected chi connectivity index (χ1v) is 5.93. The molecule has 0 saturated heterocycles. The Morgan fingerprint density at radius 1 is 1.53 bits per heavy atom. The van der Waals surface area contributed by atoms with Crippen molar-refractivity contribution in [3.05, 3.63) is 41.4 Å². The summed E-state index contributed by atoms with van der Waals surface area (Å²) in [6.45, 7) is 11.3. The van der Waals surface area contributed by atoms with E-state index in [0.29, 0.717) is 17.1 Å². The summed E-state index contributed by atoms with van der Waals surface area (Å²) in [5.74, 6) is 0.446. The fourth-order valence-electron chi connectivity index (χ4n) is 0.819. The highest BCUT2D eigenvalue weighted by Gasteiger charge is 1.98. The van der Waals surface area contributed by atoms with Crippen LogP contribution in [0.1, 0.15) is 13.8 Å². The van der Waals surface area contributed by atoms with Crippen molar-refractivity contribution in [3.63, 3.8) is 0 Å². The minimum Gasteiger partial charge on any atom is -0.472 e. The zero-order valence-electron chi connectivity index (χ0n) is 10.1. The lowest BCUT2D eigenvalue weighted by molar-refractivity contribution is 0.339. The number of rotatable bonds is 5. The summed E-state index contributed by atoms with van der Waals surface area (Å²) < 4.78 is 5.99. The Kier molecular flexibility index (Phi) is 8.86. The zero-order chi connectivity index (χ0) is 13.1. The molecule has 92 valence electrons. The monoisotopic (exact) mass is 297 g/mol. The summed E-state index contributed by atoms with van der Waals surface area (Å²) in [7, 11) is 0. The maximum absolute atomic E-state index is 5.36. The van der Waals surface area contributed by atoms with Gasteiger partial charge in [0.25, 0.3) is 0 Å². The van der Waals surface area contributed by atoms with Crippen molar-refractivity contribution < 1.29 is 4.74 Å². The average Bonchev–Trinajstić information content (AvgIpc) is 2.37. The van der Waals surface area contributed by atoms with E-state index in [9.17, 15) is 0 Å². The molecule has 1 rings (SSSR count). The van der Waals surface area contributed by atoms with Gasteiger partial charge in [-0.05, 0) is 22.6 Å². The summed E-state index contributed by atoms with van der Waals surface area (Å²) in [5.41, 5.74) is 0.826. The Bertz CT molecular complexity index is 391. The number of hydrogen-bond donors (Lipinski definition) is 0. The number of aromatic nitrogens is 2. The van der Waals surface area contributed by atoms with Crippen LogP contribution < -0.4 is 4.74 Å². The van der Waals surface area contributed by atoms with Crippen LogP contribution in [0, 0.1) is 0 Å². The third kappa shape index (κ3) is 6.63. The smallest absolute Gasteiger partial charge is 0.233 e. The van der Waals surface area contributed by atoms with Crippen LogP contribution in [0.4, 0.5) is 0 Å². The molecule has 17 heavy (non-hydrogen) atoms. The van der Waals surface area contributed by atoms with Gasteiger partial charge in [0.05, 0.1) is 12.4 Å². The van der Waals surface area contributed by atoms with Gasteiger partial charge in [-0.2, -0.15) is 0 Å². The predicted molar refractivity (Wildman–Crippen MR) is 74.4 cm³/mol. The quantitative estimate of drug-likeness (QED) is 0.618. The molecular formula is C12H16BrN3O. The Morgan fingerprint density at radius 3 is 2.76 bits per heavy atom. The van der Waals surface area contributed by atoms with E-state index < -0.39 is 0 Å². The van der Waals surface area contributed by atoms with E-state index >= 15 is 0 Å². The second kappa shape index (κ2) is 9.72. The molecule has 0 aliphatic rings. The van der Waals surface area contributed by atoms with Crippen LogP contribution in [-0.2, 0) is 0 Å². The van der Waals surface area contributed by atoms with E-state index in [2.05, 4.69) is 44.2 Å². The van der Waals surface area contributed by atoms with Crippen molar-refractivity contribution in [2.24, 2.45) is 4.99 Å². The van der Waals surface area contributed by atoms with Gasteiger partial charge >= 0.3 is 0 Å². The molecule has 5 heteroatoms. The molecule has 1 aromatic rings. The number of ether oxygens (including phenoxy) is 1. The zero-order valence-corrected chi connectivity index (χ0v) is 11.6. The molecular weight excluding hydrogens is 282 g/mol. The summed E-state index contributed by atoms with van der Waals surface area (Å²) in [6, 6.07) is 0. The lowest BCUT2D eigenvalue weighted by Gasteiger charge is -2.04.